The SMILES string of the molecule is Cc1ccc(Cn2cnc(N3CCN(c4cnn5cc(-c6cnn(C)c6)ccc45)CC3)n2)nc1. The molecule has 0 aliphatic carbocycles. The Morgan fingerprint density at radius 1 is 0.824 bits per heavy atom. The first-order chi connectivity index (χ1) is 16.6. The second kappa shape index (κ2) is 8.29. The first kappa shape index (κ1) is 20.4. The van der Waals surface area contributed by atoms with E-state index < -0.39 is 0 Å². The fourth-order valence-electron chi connectivity index (χ4n) is 4.37. The van der Waals surface area contributed by atoms with Crippen molar-refractivity contribution in [2.24, 2.45) is 7.05 Å². The van der Waals surface area contributed by atoms with E-state index in [2.05, 4.69) is 59.5 Å². The summed E-state index contributed by atoms with van der Waals surface area (Å²) in [5, 5.41) is 13.6. The topological polar surface area (TPSA) is 85.2 Å². The molecule has 34 heavy (non-hydrogen) atoms. The summed E-state index contributed by atoms with van der Waals surface area (Å²) in [6, 6.07) is 8.37. The maximum atomic E-state index is 4.68. The standard InChI is InChI=1S/C24H26N10/c1-18-3-5-21(25-11-18)16-33-17-26-24(29-33)32-9-7-31(8-10-32)23-13-28-34-15-19(4-6-22(23)34)20-12-27-30(2)14-20/h3-6,11-15,17H,7-10,16H2,1-2H3. The van der Waals surface area contributed by atoms with Crippen LogP contribution in [0.5, 0.6) is 0 Å². The van der Waals surface area contributed by atoms with Gasteiger partial charge in [-0.2, -0.15) is 10.2 Å². The predicted octanol–water partition coefficient (Wildman–Crippen LogP) is 2.40. The molecule has 1 aliphatic heterocycles. The van der Waals surface area contributed by atoms with E-state index in [4.69, 9.17) is 0 Å². The van der Waals surface area contributed by atoms with E-state index in [-0.39, 0.29) is 0 Å². The summed E-state index contributed by atoms with van der Waals surface area (Å²) >= 11 is 0. The normalized spacial score (nSPS) is 14.3. The lowest BCUT2D eigenvalue weighted by Crippen LogP contribution is -2.47. The van der Waals surface area contributed by atoms with Crippen LogP contribution < -0.4 is 9.80 Å². The number of piperazine rings is 1. The number of hydrogen-bond acceptors (Lipinski definition) is 7. The third kappa shape index (κ3) is 3.87. The molecule has 10 nitrogen and oxygen atoms in total. The number of pyridine rings is 2. The Hall–Kier alpha value is -4.21. The van der Waals surface area contributed by atoms with Crippen molar-refractivity contribution in [2.45, 2.75) is 13.5 Å². The molecule has 0 saturated carbocycles. The molecule has 0 amide bonds. The van der Waals surface area contributed by atoms with Crippen LogP contribution in [0.2, 0.25) is 0 Å². The van der Waals surface area contributed by atoms with Gasteiger partial charge in [0.1, 0.15) is 6.33 Å². The van der Waals surface area contributed by atoms with E-state index in [1.807, 2.05) is 58.7 Å². The van der Waals surface area contributed by atoms with Crippen molar-refractivity contribution >= 4 is 17.2 Å². The number of aromatic nitrogens is 8. The minimum Gasteiger partial charge on any atom is -0.365 e. The van der Waals surface area contributed by atoms with Crippen LogP contribution in [-0.4, -0.2) is 65.3 Å². The monoisotopic (exact) mass is 454 g/mol. The first-order valence-electron chi connectivity index (χ1n) is 11.4. The van der Waals surface area contributed by atoms with E-state index in [0.29, 0.717) is 6.54 Å². The molecule has 5 aromatic rings. The number of hydrogen-bond donors (Lipinski definition) is 0. The highest BCUT2D eigenvalue weighted by atomic mass is 15.4. The lowest BCUT2D eigenvalue weighted by atomic mass is 10.1. The van der Waals surface area contributed by atoms with Gasteiger partial charge in [0.2, 0.25) is 5.95 Å². The highest BCUT2D eigenvalue weighted by molar-refractivity contribution is 5.75. The van der Waals surface area contributed by atoms with Gasteiger partial charge in [-0.1, -0.05) is 12.1 Å². The van der Waals surface area contributed by atoms with Crippen molar-refractivity contribution in [2.75, 3.05) is 36.0 Å². The fraction of sp³-hybridized carbons (Fsp3) is 0.292. The summed E-state index contributed by atoms with van der Waals surface area (Å²) in [5.74, 6) is 0.771. The van der Waals surface area contributed by atoms with Gasteiger partial charge in [-0.15, -0.1) is 5.10 Å². The first-order valence-corrected chi connectivity index (χ1v) is 11.4. The molecule has 0 unspecified atom stereocenters. The van der Waals surface area contributed by atoms with Gasteiger partial charge in [-0.3, -0.25) is 9.67 Å². The second-order valence-corrected chi connectivity index (χ2v) is 8.72. The van der Waals surface area contributed by atoms with E-state index >= 15 is 0 Å². The van der Waals surface area contributed by atoms with Crippen LogP contribution in [0.4, 0.5) is 11.6 Å². The molecule has 0 bridgehead atoms. The third-order valence-electron chi connectivity index (χ3n) is 6.26. The summed E-state index contributed by atoms with van der Waals surface area (Å²) in [6.07, 6.45) is 11.6. The minimum absolute atomic E-state index is 0.622. The van der Waals surface area contributed by atoms with Crippen molar-refractivity contribution < 1.29 is 0 Å². The smallest absolute Gasteiger partial charge is 0.244 e. The van der Waals surface area contributed by atoms with Crippen LogP contribution in [0, 0.1) is 6.92 Å². The van der Waals surface area contributed by atoms with Gasteiger partial charge in [-0.25, -0.2) is 14.2 Å². The van der Waals surface area contributed by atoms with Gasteiger partial charge in [0.25, 0.3) is 0 Å². The number of rotatable bonds is 5. The van der Waals surface area contributed by atoms with E-state index in [9.17, 15) is 0 Å². The number of nitrogens with zero attached hydrogens (tertiary/aromatic N) is 10. The molecular weight excluding hydrogens is 428 g/mol. The van der Waals surface area contributed by atoms with Gasteiger partial charge in [0.05, 0.1) is 35.8 Å². The van der Waals surface area contributed by atoms with Crippen LogP contribution in [0.25, 0.3) is 16.6 Å². The molecule has 1 fully saturated rings. The average molecular weight is 455 g/mol. The van der Waals surface area contributed by atoms with Gasteiger partial charge in [0, 0.05) is 62.9 Å². The molecular formula is C24H26N10. The van der Waals surface area contributed by atoms with E-state index in [1.165, 1.54) is 0 Å². The molecule has 0 atom stereocenters. The van der Waals surface area contributed by atoms with Gasteiger partial charge in [-0.05, 0) is 24.6 Å². The zero-order valence-corrected chi connectivity index (χ0v) is 19.3. The Bertz CT molecular complexity index is 1420. The summed E-state index contributed by atoms with van der Waals surface area (Å²) in [4.78, 5) is 13.6. The van der Waals surface area contributed by atoms with Crippen molar-refractivity contribution in [3.8, 4) is 11.1 Å². The molecule has 0 aromatic carbocycles. The largest absolute Gasteiger partial charge is 0.365 e. The Morgan fingerprint density at radius 3 is 2.44 bits per heavy atom. The number of fused-ring (bicyclic) bond motifs is 1. The molecule has 0 radical (unpaired) electrons. The molecule has 0 N–H and O–H groups in total. The quantitative estimate of drug-likeness (QED) is 0.403. The van der Waals surface area contributed by atoms with E-state index in [0.717, 1.165) is 65.7 Å². The summed E-state index contributed by atoms with van der Waals surface area (Å²) in [6.45, 7) is 6.16. The molecule has 1 saturated heterocycles. The van der Waals surface area contributed by atoms with Gasteiger partial charge < -0.3 is 9.80 Å². The summed E-state index contributed by atoms with van der Waals surface area (Å²) in [7, 11) is 1.93. The average Bonchev–Trinajstić information content (AvgIpc) is 3.60. The molecule has 5 aromatic heterocycles. The second-order valence-electron chi connectivity index (χ2n) is 8.72. The van der Waals surface area contributed by atoms with Gasteiger partial charge >= 0.3 is 0 Å². The van der Waals surface area contributed by atoms with Crippen LogP contribution in [-0.2, 0) is 13.6 Å². The van der Waals surface area contributed by atoms with Gasteiger partial charge in [0.15, 0.2) is 0 Å². The lowest BCUT2D eigenvalue weighted by molar-refractivity contribution is 0.625. The third-order valence-corrected chi connectivity index (χ3v) is 6.26. The Morgan fingerprint density at radius 2 is 1.68 bits per heavy atom. The molecule has 172 valence electrons. The minimum atomic E-state index is 0.622. The molecule has 1 aliphatic rings. The molecule has 6 rings (SSSR count). The van der Waals surface area contributed by atoms with Crippen LogP contribution in [0.3, 0.4) is 0 Å². The maximum Gasteiger partial charge on any atom is 0.244 e. The Kier molecular flexibility index (Phi) is 4.97. The maximum absolute atomic E-state index is 4.68. The van der Waals surface area contributed by atoms with Crippen LogP contribution in [0.15, 0.2) is 61.6 Å². The highest BCUT2D eigenvalue weighted by Crippen LogP contribution is 2.26. The van der Waals surface area contributed by atoms with Crippen molar-refractivity contribution in [1.29, 1.82) is 0 Å². The summed E-state index contributed by atoms with van der Waals surface area (Å²) in [5.41, 5.74) is 6.57. The Labute approximate surface area is 197 Å². The van der Waals surface area contributed by atoms with Crippen LogP contribution >= 0.6 is 0 Å². The zero-order valence-electron chi connectivity index (χ0n) is 19.3. The number of aryl methyl sites for hydroxylation is 2. The number of anilines is 2. The Balaban J connectivity index is 1.12. The summed E-state index contributed by atoms with van der Waals surface area (Å²) < 4.78 is 5.61. The molecule has 10 heteroatoms. The molecule has 6 heterocycles. The van der Waals surface area contributed by atoms with E-state index in [1.54, 1.807) is 6.33 Å². The van der Waals surface area contributed by atoms with Crippen molar-refractivity contribution in [3.05, 3.63) is 72.8 Å². The van der Waals surface area contributed by atoms with Crippen molar-refractivity contribution in [1.82, 2.24) is 39.1 Å². The van der Waals surface area contributed by atoms with Crippen molar-refractivity contribution in [3.63, 3.8) is 0 Å². The zero-order chi connectivity index (χ0) is 23.1. The lowest BCUT2D eigenvalue weighted by Gasteiger charge is -2.34. The fourth-order valence-corrected chi connectivity index (χ4v) is 4.37. The molecule has 0 spiro atoms. The van der Waals surface area contributed by atoms with Crippen LogP contribution in [0.1, 0.15) is 11.3 Å². The highest BCUT2D eigenvalue weighted by Gasteiger charge is 2.22. The predicted molar refractivity (Wildman–Crippen MR) is 130 cm³/mol.